The zero-order valence-corrected chi connectivity index (χ0v) is 15.9. The molecule has 1 unspecified atom stereocenters. The minimum absolute atomic E-state index is 0.0208. The van der Waals surface area contributed by atoms with E-state index in [1.165, 1.54) is 0 Å². The van der Waals surface area contributed by atoms with E-state index in [0.717, 1.165) is 18.4 Å². The van der Waals surface area contributed by atoms with E-state index in [-0.39, 0.29) is 17.7 Å². The number of carbonyl (C=O) groups is 3. The van der Waals surface area contributed by atoms with Crippen LogP contribution in [0.2, 0.25) is 0 Å². The van der Waals surface area contributed by atoms with E-state index in [1.54, 1.807) is 24.1 Å². The van der Waals surface area contributed by atoms with Crippen molar-refractivity contribution in [3.05, 3.63) is 29.3 Å². The standard InChI is InChI=1S/C20H29N3O3/c1-4-5-14(2)12-19(25)23(3)11-10-21-20(26)16-7-6-15-8-9-18(24)22-17(15)13-16/h6-7,13-14H,4-5,8-12H2,1-3H3,(H,21,26)(H,22,24). The van der Waals surface area contributed by atoms with Crippen molar-refractivity contribution in [3.8, 4) is 0 Å². The van der Waals surface area contributed by atoms with Gasteiger partial charge in [-0.15, -0.1) is 0 Å². The van der Waals surface area contributed by atoms with Gasteiger partial charge in [0.1, 0.15) is 0 Å². The predicted octanol–water partition coefficient (Wildman–Crippen LogP) is 2.59. The molecule has 1 heterocycles. The van der Waals surface area contributed by atoms with Crippen molar-refractivity contribution >= 4 is 23.4 Å². The third-order valence-corrected chi connectivity index (χ3v) is 4.73. The number of fused-ring (bicyclic) bond motifs is 1. The summed E-state index contributed by atoms with van der Waals surface area (Å²) in [6, 6.07) is 5.37. The Morgan fingerprint density at radius 2 is 2.08 bits per heavy atom. The Bertz CT molecular complexity index is 672. The van der Waals surface area contributed by atoms with Crippen LogP contribution in [0.25, 0.3) is 0 Å². The molecule has 6 nitrogen and oxygen atoms in total. The number of hydrogen-bond donors (Lipinski definition) is 2. The molecule has 2 N–H and O–H groups in total. The maximum absolute atomic E-state index is 12.3. The average Bonchev–Trinajstić information content (AvgIpc) is 2.60. The normalized spacial score (nSPS) is 14.2. The van der Waals surface area contributed by atoms with Crippen LogP contribution < -0.4 is 10.6 Å². The van der Waals surface area contributed by atoms with Gasteiger partial charge in [0.05, 0.1) is 0 Å². The second-order valence-electron chi connectivity index (χ2n) is 7.09. The molecule has 26 heavy (non-hydrogen) atoms. The molecule has 0 bridgehead atoms. The minimum atomic E-state index is -0.201. The number of benzene rings is 1. The van der Waals surface area contributed by atoms with Gasteiger partial charge >= 0.3 is 0 Å². The number of amides is 3. The van der Waals surface area contributed by atoms with E-state index in [1.807, 2.05) is 6.07 Å². The van der Waals surface area contributed by atoms with Crippen LogP contribution in [0.3, 0.4) is 0 Å². The van der Waals surface area contributed by atoms with Crippen molar-refractivity contribution in [3.63, 3.8) is 0 Å². The minimum Gasteiger partial charge on any atom is -0.350 e. The summed E-state index contributed by atoms with van der Waals surface area (Å²) in [5.41, 5.74) is 2.27. The molecule has 3 amide bonds. The second kappa shape index (κ2) is 9.36. The number of carbonyl (C=O) groups excluding carboxylic acids is 3. The van der Waals surface area contributed by atoms with Crippen molar-refractivity contribution in [2.24, 2.45) is 5.92 Å². The average molecular weight is 359 g/mol. The fourth-order valence-electron chi connectivity index (χ4n) is 3.13. The molecular formula is C20H29N3O3. The van der Waals surface area contributed by atoms with Crippen LogP contribution in [0.5, 0.6) is 0 Å². The second-order valence-corrected chi connectivity index (χ2v) is 7.09. The fourth-order valence-corrected chi connectivity index (χ4v) is 3.13. The number of hydrogen-bond acceptors (Lipinski definition) is 3. The number of nitrogens with one attached hydrogen (secondary N) is 2. The molecule has 0 saturated heterocycles. The van der Waals surface area contributed by atoms with Gasteiger partial charge in [0.25, 0.3) is 5.91 Å². The summed E-state index contributed by atoms with van der Waals surface area (Å²) in [7, 11) is 1.77. The van der Waals surface area contributed by atoms with Gasteiger partial charge in [-0.05, 0) is 30.0 Å². The molecule has 0 aromatic heterocycles. The zero-order chi connectivity index (χ0) is 19.1. The highest BCUT2D eigenvalue weighted by Crippen LogP contribution is 2.23. The van der Waals surface area contributed by atoms with E-state index in [0.29, 0.717) is 49.5 Å². The zero-order valence-electron chi connectivity index (χ0n) is 15.9. The lowest BCUT2D eigenvalue weighted by molar-refractivity contribution is -0.130. The maximum Gasteiger partial charge on any atom is 0.251 e. The molecular weight excluding hydrogens is 330 g/mol. The van der Waals surface area contributed by atoms with E-state index in [2.05, 4.69) is 24.5 Å². The highest BCUT2D eigenvalue weighted by Gasteiger charge is 2.17. The number of aryl methyl sites for hydroxylation is 1. The van der Waals surface area contributed by atoms with Crippen LogP contribution in [0.1, 0.15) is 55.5 Å². The molecule has 1 aromatic rings. The number of rotatable bonds is 8. The third kappa shape index (κ3) is 5.58. The Labute approximate surface area is 155 Å². The molecule has 0 fully saturated rings. The molecule has 0 radical (unpaired) electrons. The molecule has 142 valence electrons. The van der Waals surface area contributed by atoms with Gasteiger partial charge in [0.2, 0.25) is 11.8 Å². The van der Waals surface area contributed by atoms with Gasteiger partial charge in [-0.2, -0.15) is 0 Å². The van der Waals surface area contributed by atoms with Crippen molar-refractivity contribution < 1.29 is 14.4 Å². The Hall–Kier alpha value is -2.37. The van der Waals surface area contributed by atoms with Crippen LogP contribution >= 0.6 is 0 Å². The SMILES string of the molecule is CCCC(C)CC(=O)N(C)CCNC(=O)c1ccc2c(c1)NC(=O)CC2. The number of nitrogens with zero attached hydrogens (tertiary/aromatic N) is 1. The topological polar surface area (TPSA) is 78.5 Å². The third-order valence-electron chi connectivity index (χ3n) is 4.73. The van der Waals surface area contributed by atoms with E-state index >= 15 is 0 Å². The van der Waals surface area contributed by atoms with Gasteiger partial charge in [-0.3, -0.25) is 14.4 Å². The molecule has 2 rings (SSSR count). The summed E-state index contributed by atoms with van der Waals surface area (Å²) in [5.74, 6) is 0.271. The van der Waals surface area contributed by atoms with Gasteiger partial charge in [-0.1, -0.05) is 32.8 Å². The predicted molar refractivity (Wildman–Crippen MR) is 102 cm³/mol. The van der Waals surface area contributed by atoms with E-state index < -0.39 is 0 Å². The van der Waals surface area contributed by atoms with Crippen molar-refractivity contribution in [2.45, 2.75) is 46.0 Å². The quantitative estimate of drug-likeness (QED) is 0.749. The van der Waals surface area contributed by atoms with Crippen molar-refractivity contribution in [1.29, 1.82) is 0 Å². The highest BCUT2D eigenvalue weighted by molar-refractivity contribution is 5.99. The summed E-state index contributed by atoms with van der Waals surface area (Å²) in [5, 5.41) is 5.64. The highest BCUT2D eigenvalue weighted by atomic mass is 16.2. The molecule has 1 atom stereocenters. The smallest absolute Gasteiger partial charge is 0.251 e. The first-order chi connectivity index (χ1) is 12.4. The molecule has 6 heteroatoms. The van der Waals surface area contributed by atoms with Gasteiger partial charge in [-0.25, -0.2) is 0 Å². The molecule has 1 aliphatic heterocycles. The maximum atomic E-state index is 12.3. The first-order valence-electron chi connectivity index (χ1n) is 9.35. The first-order valence-corrected chi connectivity index (χ1v) is 9.35. The largest absolute Gasteiger partial charge is 0.350 e. The summed E-state index contributed by atoms with van der Waals surface area (Å²) in [6.07, 6.45) is 3.85. The Morgan fingerprint density at radius 1 is 1.31 bits per heavy atom. The lowest BCUT2D eigenvalue weighted by atomic mass is 10.0. The summed E-state index contributed by atoms with van der Waals surface area (Å²) >= 11 is 0. The molecule has 0 aliphatic carbocycles. The molecule has 0 saturated carbocycles. The molecule has 1 aliphatic rings. The molecule has 1 aromatic carbocycles. The van der Waals surface area contributed by atoms with Crippen LogP contribution in [0.15, 0.2) is 18.2 Å². The van der Waals surface area contributed by atoms with Crippen molar-refractivity contribution in [2.75, 3.05) is 25.5 Å². The van der Waals surface area contributed by atoms with Crippen LogP contribution in [-0.2, 0) is 16.0 Å². The summed E-state index contributed by atoms with van der Waals surface area (Å²) in [6.45, 7) is 5.08. The van der Waals surface area contributed by atoms with Crippen LogP contribution in [0, 0.1) is 5.92 Å². The lowest BCUT2D eigenvalue weighted by Gasteiger charge is -2.20. The van der Waals surface area contributed by atoms with E-state index in [9.17, 15) is 14.4 Å². The van der Waals surface area contributed by atoms with Gasteiger partial charge in [0.15, 0.2) is 0 Å². The van der Waals surface area contributed by atoms with Crippen LogP contribution in [0.4, 0.5) is 5.69 Å². The first kappa shape index (κ1) is 19.9. The Balaban J connectivity index is 1.81. The van der Waals surface area contributed by atoms with Crippen molar-refractivity contribution in [1.82, 2.24) is 10.2 Å². The fraction of sp³-hybridized carbons (Fsp3) is 0.550. The Morgan fingerprint density at radius 3 is 2.81 bits per heavy atom. The van der Waals surface area contributed by atoms with Gasteiger partial charge in [0, 0.05) is 44.2 Å². The van der Waals surface area contributed by atoms with Gasteiger partial charge < -0.3 is 15.5 Å². The number of likely N-dealkylation sites (N-methyl/N-ethyl adjacent to an activating group) is 1. The summed E-state index contributed by atoms with van der Waals surface area (Å²) in [4.78, 5) is 37.6. The molecule has 0 spiro atoms. The monoisotopic (exact) mass is 359 g/mol. The van der Waals surface area contributed by atoms with E-state index in [4.69, 9.17) is 0 Å². The summed E-state index contributed by atoms with van der Waals surface area (Å²) < 4.78 is 0. The van der Waals surface area contributed by atoms with Crippen LogP contribution in [-0.4, -0.2) is 42.8 Å². The lowest BCUT2D eigenvalue weighted by Crippen LogP contribution is -2.36. The number of anilines is 1. The Kier molecular flexibility index (Phi) is 7.18.